The largest absolute Gasteiger partial charge is 0.469 e. The Morgan fingerprint density at radius 3 is 3.00 bits per heavy atom. The first-order valence-corrected chi connectivity index (χ1v) is 7.33. The molecule has 1 aromatic heterocycles. The minimum absolute atomic E-state index is 0.115. The minimum Gasteiger partial charge on any atom is -0.469 e. The number of nitrogens with one attached hydrogen (secondary N) is 1. The Balaban J connectivity index is 2.02. The number of aromatic nitrogens is 1. The van der Waals surface area contributed by atoms with E-state index in [1.54, 1.807) is 18.3 Å². The highest BCUT2D eigenvalue weighted by Gasteiger charge is 2.27. The Labute approximate surface area is 130 Å². The lowest BCUT2D eigenvalue weighted by Gasteiger charge is -2.32. The first-order valence-electron chi connectivity index (χ1n) is 7.33. The molecule has 1 aromatic rings. The Hall–Kier alpha value is -2.37. The van der Waals surface area contributed by atoms with E-state index in [1.165, 1.54) is 7.11 Å². The summed E-state index contributed by atoms with van der Waals surface area (Å²) in [6, 6.07) is 3.55. The van der Waals surface area contributed by atoms with Crippen molar-refractivity contribution < 1.29 is 14.3 Å². The summed E-state index contributed by atoms with van der Waals surface area (Å²) in [7, 11) is 1.41. The fourth-order valence-electron chi connectivity index (χ4n) is 2.52. The van der Waals surface area contributed by atoms with Crippen LogP contribution in [0.5, 0.6) is 0 Å². The van der Waals surface area contributed by atoms with Gasteiger partial charge in [0, 0.05) is 25.8 Å². The van der Waals surface area contributed by atoms with Crippen LogP contribution in [0.4, 0.5) is 5.82 Å². The number of hydrogen-bond acceptors (Lipinski definition) is 5. The van der Waals surface area contributed by atoms with Crippen LogP contribution >= 0.6 is 0 Å². The van der Waals surface area contributed by atoms with E-state index in [4.69, 9.17) is 4.74 Å². The van der Waals surface area contributed by atoms with Gasteiger partial charge in [-0.25, -0.2) is 4.98 Å². The Kier molecular flexibility index (Phi) is 5.52. The van der Waals surface area contributed by atoms with Gasteiger partial charge in [-0.05, 0) is 25.0 Å². The van der Waals surface area contributed by atoms with Crippen LogP contribution < -0.4 is 10.2 Å². The number of carbonyl (C=O) groups is 2. The molecular formula is C16H21N3O3. The van der Waals surface area contributed by atoms with Gasteiger partial charge in [-0.1, -0.05) is 6.08 Å². The molecule has 6 heteroatoms. The topological polar surface area (TPSA) is 71.5 Å². The van der Waals surface area contributed by atoms with Crippen LogP contribution in [0, 0.1) is 5.92 Å². The Morgan fingerprint density at radius 1 is 1.55 bits per heavy atom. The van der Waals surface area contributed by atoms with Crippen LogP contribution in [0.3, 0.4) is 0 Å². The summed E-state index contributed by atoms with van der Waals surface area (Å²) in [6.07, 6.45) is 4.93. The van der Waals surface area contributed by atoms with Crippen molar-refractivity contribution in [1.29, 1.82) is 0 Å². The number of piperidine rings is 1. The number of esters is 1. The first kappa shape index (κ1) is 16.0. The number of amides is 1. The van der Waals surface area contributed by atoms with Crippen LogP contribution in [0.25, 0.3) is 0 Å². The highest BCUT2D eigenvalue weighted by molar-refractivity contribution is 5.94. The zero-order valence-electron chi connectivity index (χ0n) is 12.7. The number of rotatable bonds is 5. The summed E-state index contributed by atoms with van der Waals surface area (Å²) >= 11 is 0. The number of pyridine rings is 1. The molecule has 22 heavy (non-hydrogen) atoms. The van der Waals surface area contributed by atoms with Crippen LogP contribution in [0.1, 0.15) is 23.2 Å². The fraction of sp³-hybridized carbons (Fsp3) is 0.438. The van der Waals surface area contributed by atoms with Crippen LogP contribution in [0.2, 0.25) is 0 Å². The highest BCUT2D eigenvalue weighted by atomic mass is 16.5. The number of ether oxygens (including phenoxy) is 1. The van der Waals surface area contributed by atoms with Gasteiger partial charge in [0.15, 0.2) is 0 Å². The van der Waals surface area contributed by atoms with Crippen molar-refractivity contribution in [3.8, 4) is 0 Å². The predicted molar refractivity (Wildman–Crippen MR) is 83.7 cm³/mol. The zero-order valence-corrected chi connectivity index (χ0v) is 12.7. The average molecular weight is 303 g/mol. The molecule has 0 aliphatic carbocycles. The normalized spacial score (nSPS) is 17.7. The van der Waals surface area contributed by atoms with E-state index in [2.05, 4.69) is 21.8 Å². The van der Waals surface area contributed by atoms with E-state index < -0.39 is 0 Å². The van der Waals surface area contributed by atoms with Crippen molar-refractivity contribution in [2.75, 3.05) is 31.6 Å². The fourth-order valence-corrected chi connectivity index (χ4v) is 2.52. The van der Waals surface area contributed by atoms with E-state index in [1.807, 2.05) is 6.07 Å². The third-order valence-corrected chi connectivity index (χ3v) is 3.70. The van der Waals surface area contributed by atoms with Crippen molar-refractivity contribution in [3.05, 3.63) is 36.5 Å². The summed E-state index contributed by atoms with van der Waals surface area (Å²) in [5.74, 6) is 0.306. The molecule has 1 aliphatic heterocycles. The monoisotopic (exact) mass is 303 g/mol. The van der Waals surface area contributed by atoms with Crippen LogP contribution in [-0.2, 0) is 9.53 Å². The van der Waals surface area contributed by atoms with Gasteiger partial charge >= 0.3 is 5.97 Å². The maximum atomic E-state index is 11.8. The number of anilines is 1. The summed E-state index contributed by atoms with van der Waals surface area (Å²) in [5.41, 5.74) is 0.507. The molecule has 1 N–H and O–H groups in total. The van der Waals surface area contributed by atoms with Gasteiger partial charge in [-0.15, -0.1) is 6.58 Å². The molecule has 1 atom stereocenters. The number of nitrogens with zero attached hydrogens (tertiary/aromatic N) is 2. The molecule has 2 rings (SSSR count). The Morgan fingerprint density at radius 2 is 2.36 bits per heavy atom. The smallest absolute Gasteiger partial charge is 0.310 e. The van der Waals surface area contributed by atoms with Crippen molar-refractivity contribution in [2.24, 2.45) is 5.92 Å². The highest BCUT2D eigenvalue weighted by Crippen LogP contribution is 2.22. The average Bonchev–Trinajstić information content (AvgIpc) is 2.59. The summed E-state index contributed by atoms with van der Waals surface area (Å²) < 4.78 is 4.81. The standard InChI is InChI=1S/C16H21N3O3/c1-3-8-17-15(20)12-6-7-14(18-10-12)19-9-4-5-13(11-19)16(21)22-2/h3,6-7,10,13H,1,4-5,8-9,11H2,2H3,(H,17,20)/t13-/m0/s1. The molecule has 1 fully saturated rings. The molecule has 0 unspecified atom stereocenters. The van der Waals surface area contributed by atoms with Gasteiger partial charge in [-0.3, -0.25) is 9.59 Å². The Bertz CT molecular complexity index is 542. The first-order chi connectivity index (χ1) is 10.7. The minimum atomic E-state index is -0.176. The van der Waals surface area contributed by atoms with Gasteiger partial charge < -0.3 is 15.0 Å². The molecule has 0 aromatic carbocycles. The van der Waals surface area contributed by atoms with E-state index in [-0.39, 0.29) is 17.8 Å². The van der Waals surface area contributed by atoms with E-state index >= 15 is 0 Å². The van der Waals surface area contributed by atoms with Crippen molar-refractivity contribution in [1.82, 2.24) is 10.3 Å². The third kappa shape index (κ3) is 3.84. The van der Waals surface area contributed by atoms with Gasteiger partial charge in [0.25, 0.3) is 5.91 Å². The molecule has 0 spiro atoms. The maximum Gasteiger partial charge on any atom is 0.310 e. The number of methoxy groups -OCH3 is 1. The van der Waals surface area contributed by atoms with Gasteiger partial charge in [0.2, 0.25) is 0 Å². The molecule has 118 valence electrons. The van der Waals surface area contributed by atoms with Crippen LogP contribution in [-0.4, -0.2) is 43.6 Å². The van der Waals surface area contributed by atoms with Crippen molar-refractivity contribution in [3.63, 3.8) is 0 Å². The molecule has 1 aliphatic rings. The lowest BCUT2D eigenvalue weighted by Crippen LogP contribution is -2.39. The van der Waals surface area contributed by atoms with Crippen molar-refractivity contribution in [2.45, 2.75) is 12.8 Å². The predicted octanol–water partition coefficient (Wildman–Crippen LogP) is 1.39. The van der Waals surface area contributed by atoms with E-state index in [0.29, 0.717) is 18.7 Å². The lowest BCUT2D eigenvalue weighted by molar-refractivity contribution is -0.145. The summed E-state index contributed by atoms with van der Waals surface area (Å²) in [5, 5.41) is 2.71. The molecule has 1 amide bonds. The second-order valence-corrected chi connectivity index (χ2v) is 5.21. The van der Waals surface area contributed by atoms with Gasteiger partial charge in [0.05, 0.1) is 18.6 Å². The van der Waals surface area contributed by atoms with Crippen molar-refractivity contribution >= 4 is 17.7 Å². The molecule has 1 saturated heterocycles. The van der Waals surface area contributed by atoms with Gasteiger partial charge in [-0.2, -0.15) is 0 Å². The maximum absolute atomic E-state index is 11.8. The molecule has 6 nitrogen and oxygen atoms in total. The molecule has 2 heterocycles. The van der Waals surface area contributed by atoms with Crippen LogP contribution in [0.15, 0.2) is 31.0 Å². The third-order valence-electron chi connectivity index (χ3n) is 3.70. The molecule has 0 saturated carbocycles. The quantitative estimate of drug-likeness (QED) is 0.657. The van der Waals surface area contributed by atoms with E-state index in [9.17, 15) is 9.59 Å². The van der Waals surface area contributed by atoms with E-state index in [0.717, 1.165) is 25.2 Å². The number of carbonyl (C=O) groups excluding carboxylic acids is 2. The lowest BCUT2D eigenvalue weighted by atomic mass is 9.98. The second-order valence-electron chi connectivity index (χ2n) is 5.21. The molecule has 0 radical (unpaired) electrons. The molecule has 0 bridgehead atoms. The SMILES string of the molecule is C=CCNC(=O)c1ccc(N2CCC[C@H](C(=O)OC)C2)nc1. The van der Waals surface area contributed by atoms with Gasteiger partial charge in [0.1, 0.15) is 5.82 Å². The summed E-state index contributed by atoms with van der Waals surface area (Å²) in [4.78, 5) is 29.8. The second kappa shape index (κ2) is 7.59. The zero-order chi connectivity index (χ0) is 15.9. The number of hydrogen-bond donors (Lipinski definition) is 1. The molecular weight excluding hydrogens is 282 g/mol. The summed E-state index contributed by atoms with van der Waals surface area (Å²) in [6.45, 7) is 5.43.